The van der Waals surface area contributed by atoms with Crippen molar-refractivity contribution in [2.45, 2.75) is 31.7 Å². The van der Waals surface area contributed by atoms with E-state index >= 15 is 0 Å². The van der Waals surface area contributed by atoms with E-state index in [0.29, 0.717) is 24.5 Å². The summed E-state index contributed by atoms with van der Waals surface area (Å²) in [4.78, 5) is 40.0. The van der Waals surface area contributed by atoms with E-state index in [2.05, 4.69) is 20.3 Å². The van der Waals surface area contributed by atoms with Crippen molar-refractivity contribution in [3.63, 3.8) is 0 Å². The molecule has 3 heterocycles. The highest BCUT2D eigenvalue weighted by Gasteiger charge is 2.42. The number of imidazole rings is 1. The Bertz CT molecular complexity index is 907. The summed E-state index contributed by atoms with van der Waals surface area (Å²) in [7, 11) is 3.40. The second-order valence-corrected chi connectivity index (χ2v) is 7.44. The van der Waals surface area contributed by atoms with Crippen LogP contribution in [0.3, 0.4) is 0 Å². The molecular formula is C19H24N6O3. The van der Waals surface area contributed by atoms with Gasteiger partial charge in [0.15, 0.2) is 0 Å². The van der Waals surface area contributed by atoms with Crippen molar-refractivity contribution in [3.05, 3.63) is 35.8 Å². The van der Waals surface area contributed by atoms with E-state index in [-0.39, 0.29) is 35.6 Å². The molecule has 0 aromatic carbocycles. The fourth-order valence-electron chi connectivity index (χ4n) is 3.68. The molecule has 2 aromatic heterocycles. The Hall–Kier alpha value is -2.97. The van der Waals surface area contributed by atoms with Crippen LogP contribution in [0.1, 0.15) is 40.8 Å². The minimum Gasteiger partial charge on any atom is -0.480 e. The van der Waals surface area contributed by atoms with Crippen LogP contribution >= 0.6 is 0 Å². The predicted octanol–water partition coefficient (Wildman–Crippen LogP) is 0.662. The molecule has 2 amide bonds. The van der Waals surface area contributed by atoms with Crippen LogP contribution in [0.5, 0.6) is 5.88 Å². The lowest BCUT2D eigenvalue weighted by Gasteiger charge is -2.19. The van der Waals surface area contributed by atoms with Gasteiger partial charge in [-0.15, -0.1) is 0 Å². The Labute approximate surface area is 163 Å². The first-order chi connectivity index (χ1) is 13.5. The maximum atomic E-state index is 13.1. The number of methoxy groups -OCH3 is 1. The van der Waals surface area contributed by atoms with Crippen molar-refractivity contribution in [2.24, 2.45) is 13.0 Å². The highest BCUT2D eigenvalue weighted by atomic mass is 16.5. The summed E-state index contributed by atoms with van der Waals surface area (Å²) >= 11 is 0. The van der Waals surface area contributed by atoms with Crippen molar-refractivity contribution in [1.82, 2.24) is 29.7 Å². The molecular weight excluding hydrogens is 360 g/mol. The molecule has 0 spiro atoms. The largest absolute Gasteiger partial charge is 0.480 e. The minimum absolute atomic E-state index is 0.0646. The van der Waals surface area contributed by atoms with Gasteiger partial charge in [-0.1, -0.05) is 0 Å². The molecule has 2 atom stereocenters. The van der Waals surface area contributed by atoms with Crippen molar-refractivity contribution in [3.8, 4) is 5.88 Å². The number of nitrogens with zero attached hydrogens (tertiary/aromatic N) is 5. The number of aryl methyl sites for hydroxylation is 2. The number of ether oxygens (including phenoxy) is 1. The zero-order valence-corrected chi connectivity index (χ0v) is 16.3. The molecule has 2 aliphatic rings. The summed E-state index contributed by atoms with van der Waals surface area (Å²) in [6, 6.07) is -0.185. The average Bonchev–Trinajstić information content (AvgIpc) is 3.34. The minimum atomic E-state index is -0.209. The Morgan fingerprint density at radius 1 is 1.25 bits per heavy atom. The fourth-order valence-corrected chi connectivity index (χ4v) is 3.68. The molecule has 1 saturated heterocycles. The van der Waals surface area contributed by atoms with E-state index in [1.54, 1.807) is 18.0 Å². The molecule has 0 bridgehead atoms. The normalized spacial score (nSPS) is 21.6. The summed E-state index contributed by atoms with van der Waals surface area (Å²) in [5.41, 5.74) is 0.320. The van der Waals surface area contributed by atoms with E-state index in [1.165, 1.54) is 13.3 Å². The van der Waals surface area contributed by atoms with Crippen LogP contribution in [0.4, 0.5) is 0 Å². The SMILES string of the molecule is COc1nc(C)ncc1C(=O)N1C[C@@H](NC(=O)C2CC2)[C@H](c2nccn2C)C1. The Kier molecular flexibility index (Phi) is 4.74. The molecule has 1 aliphatic heterocycles. The van der Waals surface area contributed by atoms with Gasteiger partial charge < -0.3 is 19.5 Å². The number of hydrogen-bond acceptors (Lipinski definition) is 6. The number of amides is 2. The quantitative estimate of drug-likeness (QED) is 0.813. The highest BCUT2D eigenvalue weighted by Crippen LogP contribution is 2.32. The zero-order chi connectivity index (χ0) is 19.8. The summed E-state index contributed by atoms with van der Waals surface area (Å²) in [5.74, 6) is 1.53. The Morgan fingerprint density at radius 3 is 2.68 bits per heavy atom. The van der Waals surface area contributed by atoms with E-state index in [0.717, 1.165) is 18.7 Å². The van der Waals surface area contributed by atoms with Crippen LogP contribution in [0.15, 0.2) is 18.6 Å². The lowest BCUT2D eigenvalue weighted by atomic mass is 10.0. The molecule has 1 N–H and O–H groups in total. The van der Waals surface area contributed by atoms with Crippen LogP contribution < -0.4 is 10.1 Å². The molecule has 148 valence electrons. The Balaban J connectivity index is 1.59. The summed E-state index contributed by atoms with van der Waals surface area (Å²) in [6.07, 6.45) is 6.97. The second-order valence-electron chi connectivity index (χ2n) is 7.44. The van der Waals surface area contributed by atoms with Crippen LogP contribution in [0.2, 0.25) is 0 Å². The lowest BCUT2D eigenvalue weighted by molar-refractivity contribution is -0.123. The predicted molar refractivity (Wildman–Crippen MR) is 99.8 cm³/mol. The zero-order valence-electron chi connectivity index (χ0n) is 16.3. The van der Waals surface area contributed by atoms with E-state index < -0.39 is 0 Å². The smallest absolute Gasteiger partial charge is 0.261 e. The van der Waals surface area contributed by atoms with E-state index in [1.807, 2.05) is 17.8 Å². The Morgan fingerprint density at radius 2 is 2.04 bits per heavy atom. The number of aromatic nitrogens is 4. The van der Waals surface area contributed by atoms with Gasteiger partial charge in [-0.05, 0) is 19.8 Å². The van der Waals surface area contributed by atoms with Crippen molar-refractivity contribution in [2.75, 3.05) is 20.2 Å². The van der Waals surface area contributed by atoms with Gasteiger partial charge in [-0.25, -0.2) is 9.97 Å². The topological polar surface area (TPSA) is 102 Å². The van der Waals surface area contributed by atoms with Crippen LogP contribution in [0.25, 0.3) is 0 Å². The van der Waals surface area contributed by atoms with E-state index in [9.17, 15) is 9.59 Å². The maximum Gasteiger partial charge on any atom is 0.261 e. The number of carbonyl (C=O) groups excluding carboxylic acids is 2. The maximum absolute atomic E-state index is 13.1. The standard InChI is InChI=1S/C19H24N6O3/c1-11-21-8-13(18(22-11)28-3)19(27)25-9-14(16-20-6-7-24(16)2)15(10-25)23-17(26)12-4-5-12/h6-8,12,14-15H,4-5,9-10H2,1-3H3,(H,23,26)/t14-,15-/m1/s1. The first-order valence-corrected chi connectivity index (χ1v) is 9.42. The first kappa shape index (κ1) is 18.4. The highest BCUT2D eigenvalue weighted by molar-refractivity contribution is 5.96. The van der Waals surface area contributed by atoms with Gasteiger partial charge in [0.1, 0.15) is 17.2 Å². The fraction of sp³-hybridized carbons (Fsp3) is 0.526. The molecule has 0 radical (unpaired) electrons. The number of likely N-dealkylation sites (tertiary alicyclic amines) is 1. The van der Waals surface area contributed by atoms with Gasteiger partial charge in [-0.2, -0.15) is 4.98 Å². The van der Waals surface area contributed by atoms with Gasteiger partial charge in [-0.3, -0.25) is 9.59 Å². The lowest BCUT2D eigenvalue weighted by Crippen LogP contribution is -2.41. The molecule has 9 nitrogen and oxygen atoms in total. The number of carbonyl (C=O) groups is 2. The summed E-state index contributed by atoms with van der Waals surface area (Å²) in [5, 5.41) is 3.13. The third-order valence-corrected chi connectivity index (χ3v) is 5.37. The van der Waals surface area contributed by atoms with E-state index in [4.69, 9.17) is 4.74 Å². The third kappa shape index (κ3) is 3.44. The third-order valence-electron chi connectivity index (χ3n) is 5.37. The summed E-state index contributed by atoms with van der Waals surface area (Å²) in [6.45, 7) is 2.61. The molecule has 0 unspecified atom stereocenters. The molecule has 1 aliphatic carbocycles. The number of rotatable bonds is 5. The second kappa shape index (κ2) is 7.21. The molecule has 2 aromatic rings. The number of hydrogen-bond donors (Lipinski definition) is 1. The van der Waals surface area contributed by atoms with Crippen LogP contribution in [-0.2, 0) is 11.8 Å². The van der Waals surface area contributed by atoms with Crippen molar-refractivity contribution >= 4 is 11.8 Å². The molecule has 2 fully saturated rings. The summed E-state index contributed by atoms with van der Waals surface area (Å²) < 4.78 is 7.21. The van der Waals surface area contributed by atoms with Gasteiger partial charge in [0.2, 0.25) is 11.8 Å². The van der Waals surface area contributed by atoms with Crippen LogP contribution in [0, 0.1) is 12.8 Å². The average molecular weight is 384 g/mol. The molecule has 4 rings (SSSR count). The monoisotopic (exact) mass is 384 g/mol. The van der Waals surface area contributed by atoms with Crippen molar-refractivity contribution < 1.29 is 14.3 Å². The van der Waals surface area contributed by atoms with Gasteiger partial charge in [0.05, 0.1) is 19.1 Å². The molecule has 28 heavy (non-hydrogen) atoms. The molecule has 1 saturated carbocycles. The van der Waals surface area contributed by atoms with Crippen LogP contribution in [-0.4, -0.2) is 62.5 Å². The molecule has 9 heteroatoms. The number of nitrogens with one attached hydrogen (secondary N) is 1. The van der Waals surface area contributed by atoms with Gasteiger partial charge in [0.25, 0.3) is 5.91 Å². The van der Waals surface area contributed by atoms with Gasteiger partial charge >= 0.3 is 0 Å². The van der Waals surface area contributed by atoms with Crippen molar-refractivity contribution in [1.29, 1.82) is 0 Å². The van der Waals surface area contributed by atoms with Gasteiger partial charge in [0, 0.05) is 44.6 Å². The first-order valence-electron chi connectivity index (χ1n) is 9.42.